The molecule has 138 valence electrons. The molecular formula is C20H30N2O3. The SMILES string of the molecule is O=C([C@@H]1CCCN(CCCOCc2ccccc2)C1)N1CCOCC1. The monoisotopic (exact) mass is 346 g/mol. The molecule has 1 amide bonds. The van der Waals surface area contributed by atoms with Gasteiger partial charge < -0.3 is 19.3 Å². The molecule has 5 nitrogen and oxygen atoms in total. The number of ether oxygens (including phenoxy) is 2. The van der Waals surface area contributed by atoms with Gasteiger partial charge in [-0.3, -0.25) is 4.79 Å². The van der Waals surface area contributed by atoms with Crippen LogP contribution >= 0.6 is 0 Å². The highest BCUT2D eigenvalue weighted by atomic mass is 16.5. The number of rotatable bonds is 7. The van der Waals surface area contributed by atoms with Crippen molar-refractivity contribution < 1.29 is 14.3 Å². The third-order valence-electron chi connectivity index (χ3n) is 5.05. The summed E-state index contributed by atoms with van der Waals surface area (Å²) in [7, 11) is 0. The summed E-state index contributed by atoms with van der Waals surface area (Å²) in [6.07, 6.45) is 3.16. The minimum Gasteiger partial charge on any atom is -0.378 e. The molecule has 3 rings (SSSR count). The van der Waals surface area contributed by atoms with Crippen LogP contribution in [0.2, 0.25) is 0 Å². The van der Waals surface area contributed by atoms with Crippen molar-refractivity contribution in [3.05, 3.63) is 35.9 Å². The lowest BCUT2D eigenvalue weighted by Gasteiger charge is -2.36. The Kier molecular flexibility index (Phi) is 7.27. The average Bonchev–Trinajstić information content (AvgIpc) is 2.69. The van der Waals surface area contributed by atoms with Crippen LogP contribution in [-0.4, -0.2) is 68.3 Å². The molecule has 0 aliphatic carbocycles. The number of hydrogen-bond donors (Lipinski definition) is 0. The summed E-state index contributed by atoms with van der Waals surface area (Å²) >= 11 is 0. The first-order valence-corrected chi connectivity index (χ1v) is 9.53. The van der Waals surface area contributed by atoms with Crippen LogP contribution in [0.4, 0.5) is 0 Å². The van der Waals surface area contributed by atoms with Gasteiger partial charge in [-0.25, -0.2) is 0 Å². The van der Waals surface area contributed by atoms with Crippen molar-refractivity contribution in [3.8, 4) is 0 Å². The minimum absolute atomic E-state index is 0.164. The molecule has 0 spiro atoms. The Hall–Kier alpha value is -1.43. The zero-order valence-electron chi connectivity index (χ0n) is 15.1. The number of likely N-dealkylation sites (tertiary alicyclic amines) is 1. The van der Waals surface area contributed by atoms with E-state index in [1.165, 1.54) is 5.56 Å². The Morgan fingerprint density at radius 1 is 1.16 bits per heavy atom. The predicted octanol–water partition coefficient (Wildman–Crippen LogP) is 2.16. The summed E-state index contributed by atoms with van der Waals surface area (Å²) in [5, 5.41) is 0. The number of carbonyl (C=O) groups is 1. The summed E-state index contributed by atoms with van der Waals surface area (Å²) in [5.41, 5.74) is 1.22. The van der Waals surface area contributed by atoms with Gasteiger partial charge in [-0.1, -0.05) is 30.3 Å². The lowest BCUT2D eigenvalue weighted by atomic mass is 9.96. The summed E-state index contributed by atoms with van der Waals surface area (Å²) in [4.78, 5) is 17.1. The average molecular weight is 346 g/mol. The third kappa shape index (κ3) is 5.80. The molecule has 2 aliphatic rings. The molecule has 1 aromatic rings. The van der Waals surface area contributed by atoms with Gasteiger partial charge in [0.25, 0.3) is 0 Å². The molecule has 5 heteroatoms. The van der Waals surface area contributed by atoms with Crippen LogP contribution in [-0.2, 0) is 20.9 Å². The molecule has 2 fully saturated rings. The molecule has 0 radical (unpaired) electrons. The predicted molar refractivity (Wildman–Crippen MR) is 97.3 cm³/mol. The Labute approximate surface area is 150 Å². The van der Waals surface area contributed by atoms with Crippen LogP contribution in [0, 0.1) is 5.92 Å². The van der Waals surface area contributed by atoms with E-state index < -0.39 is 0 Å². The smallest absolute Gasteiger partial charge is 0.227 e. The standard InChI is InChI=1S/C20H30N2O3/c23-20(22-11-14-24-15-12-22)19-8-4-9-21(16-19)10-5-13-25-17-18-6-2-1-3-7-18/h1-3,6-7,19H,4-5,8-17H2/t19-/m1/s1. The van der Waals surface area contributed by atoms with E-state index in [1.807, 2.05) is 23.1 Å². The van der Waals surface area contributed by atoms with E-state index in [9.17, 15) is 4.79 Å². The Bertz CT molecular complexity index is 517. The van der Waals surface area contributed by atoms with Crippen LogP contribution in [0.5, 0.6) is 0 Å². The van der Waals surface area contributed by atoms with E-state index in [0.29, 0.717) is 25.7 Å². The van der Waals surface area contributed by atoms with Crippen LogP contribution in [0.25, 0.3) is 0 Å². The van der Waals surface area contributed by atoms with Crippen molar-refractivity contribution in [2.45, 2.75) is 25.9 Å². The lowest BCUT2D eigenvalue weighted by Crippen LogP contribution is -2.48. The van der Waals surface area contributed by atoms with Gasteiger partial charge in [0.05, 0.1) is 25.7 Å². The van der Waals surface area contributed by atoms with Crippen LogP contribution < -0.4 is 0 Å². The first-order valence-electron chi connectivity index (χ1n) is 9.53. The van der Waals surface area contributed by atoms with E-state index in [2.05, 4.69) is 17.0 Å². The normalized spacial score (nSPS) is 22.1. The third-order valence-corrected chi connectivity index (χ3v) is 5.05. The Morgan fingerprint density at radius 2 is 1.96 bits per heavy atom. The fourth-order valence-corrected chi connectivity index (χ4v) is 3.66. The number of nitrogens with zero attached hydrogens (tertiary/aromatic N) is 2. The number of hydrogen-bond acceptors (Lipinski definition) is 4. The number of piperidine rings is 1. The van der Waals surface area contributed by atoms with Crippen LogP contribution in [0.1, 0.15) is 24.8 Å². The molecule has 0 unspecified atom stereocenters. The van der Waals surface area contributed by atoms with Gasteiger partial charge in [-0.05, 0) is 31.4 Å². The maximum Gasteiger partial charge on any atom is 0.227 e. The highest BCUT2D eigenvalue weighted by Gasteiger charge is 2.29. The van der Waals surface area contributed by atoms with E-state index in [1.54, 1.807) is 0 Å². The largest absolute Gasteiger partial charge is 0.378 e. The molecule has 2 saturated heterocycles. The van der Waals surface area contributed by atoms with Gasteiger partial charge in [0, 0.05) is 32.8 Å². The van der Waals surface area contributed by atoms with E-state index in [-0.39, 0.29) is 5.92 Å². The van der Waals surface area contributed by atoms with Gasteiger partial charge in [-0.15, -0.1) is 0 Å². The first-order chi connectivity index (χ1) is 12.3. The van der Waals surface area contributed by atoms with Gasteiger partial charge in [0.2, 0.25) is 5.91 Å². The molecule has 1 aromatic carbocycles. The van der Waals surface area contributed by atoms with Crippen molar-refractivity contribution in [2.24, 2.45) is 5.92 Å². The zero-order chi connectivity index (χ0) is 17.3. The fraction of sp³-hybridized carbons (Fsp3) is 0.650. The first kappa shape index (κ1) is 18.4. The number of amides is 1. The Morgan fingerprint density at radius 3 is 2.76 bits per heavy atom. The van der Waals surface area contributed by atoms with E-state index >= 15 is 0 Å². The van der Waals surface area contributed by atoms with Gasteiger partial charge >= 0.3 is 0 Å². The molecular weight excluding hydrogens is 316 g/mol. The van der Waals surface area contributed by atoms with Crippen molar-refractivity contribution >= 4 is 5.91 Å². The van der Waals surface area contributed by atoms with Gasteiger partial charge in [0.1, 0.15) is 0 Å². The number of morpholine rings is 1. The second-order valence-electron chi connectivity index (χ2n) is 6.97. The summed E-state index contributed by atoms with van der Waals surface area (Å²) < 4.78 is 11.1. The van der Waals surface area contributed by atoms with Crippen molar-refractivity contribution in [1.82, 2.24) is 9.80 Å². The van der Waals surface area contributed by atoms with Crippen LogP contribution in [0.15, 0.2) is 30.3 Å². The van der Waals surface area contributed by atoms with Gasteiger partial charge in [-0.2, -0.15) is 0 Å². The molecule has 0 saturated carbocycles. The molecule has 2 aliphatic heterocycles. The van der Waals surface area contributed by atoms with Gasteiger partial charge in [0.15, 0.2) is 0 Å². The summed E-state index contributed by atoms with van der Waals surface area (Å²) in [6, 6.07) is 10.3. The van der Waals surface area contributed by atoms with Crippen molar-refractivity contribution in [1.29, 1.82) is 0 Å². The zero-order valence-corrected chi connectivity index (χ0v) is 15.1. The highest BCUT2D eigenvalue weighted by molar-refractivity contribution is 5.79. The maximum atomic E-state index is 12.7. The number of carbonyl (C=O) groups excluding carboxylic acids is 1. The molecule has 0 N–H and O–H groups in total. The number of benzene rings is 1. The Balaban J connectivity index is 1.33. The van der Waals surface area contributed by atoms with Crippen molar-refractivity contribution in [2.75, 3.05) is 52.5 Å². The fourth-order valence-electron chi connectivity index (χ4n) is 3.66. The molecule has 25 heavy (non-hydrogen) atoms. The van der Waals surface area contributed by atoms with Crippen LogP contribution in [0.3, 0.4) is 0 Å². The molecule has 0 aromatic heterocycles. The maximum absolute atomic E-state index is 12.7. The van der Waals surface area contributed by atoms with Crippen molar-refractivity contribution in [3.63, 3.8) is 0 Å². The molecule has 0 bridgehead atoms. The molecule has 1 atom stereocenters. The second kappa shape index (κ2) is 9.90. The quantitative estimate of drug-likeness (QED) is 0.710. The minimum atomic E-state index is 0.164. The van der Waals surface area contributed by atoms with E-state index in [4.69, 9.17) is 9.47 Å². The lowest BCUT2D eigenvalue weighted by molar-refractivity contribution is -0.141. The second-order valence-corrected chi connectivity index (χ2v) is 6.97. The molecule has 2 heterocycles. The summed E-state index contributed by atoms with van der Waals surface area (Å²) in [6.45, 7) is 7.34. The highest BCUT2D eigenvalue weighted by Crippen LogP contribution is 2.19. The topological polar surface area (TPSA) is 42.0 Å². The summed E-state index contributed by atoms with van der Waals surface area (Å²) in [5.74, 6) is 0.491. The van der Waals surface area contributed by atoms with E-state index in [0.717, 1.165) is 58.6 Å².